The van der Waals surface area contributed by atoms with Gasteiger partial charge in [0.25, 0.3) is 5.56 Å². The largest absolute Gasteiger partial charge is 0.330 e. The molecule has 2 aromatic heterocycles. The first-order chi connectivity index (χ1) is 13.6. The minimum atomic E-state index is -0.360. The fourth-order valence-electron chi connectivity index (χ4n) is 4.71. The molecule has 2 aliphatic rings. The fraction of sp³-hybridized carbons (Fsp3) is 0.750. The van der Waals surface area contributed by atoms with Crippen LogP contribution in [0.3, 0.4) is 0 Å². The summed E-state index contributed by atoms with van der Waals surface area (Å²) in [5.41, 5.74) is 0.306. The van der Waals surface area contributed by atoms with Gasteiger partial charge >= 0.3 is 5.69 Å². The van der Waals surface area contributed by atoms with E-state index < -0.39 is 0 Å². The molecule has 0 spiro atoms. The van der Waals surface area contributed by atoms with E-state index in [9.17, 15) is 9.59 Å². The van der Waals surface area contributed by atoms with Crippen molar-refractivity contribution >= 4 is 11.2 Å². The summed E-state index contributed by atoms with van der Waals surface area (Å²) in [4.78, 5) is 36.9. The third-order valence-electron chi connectivity index (χ3n) is 6.45. The van der Waals surface area contributed by atoms with Crippen molar-refractivity contribution in [1.82, 2.24) is 28.9 Å². The van der Waals surface area contributed by atoms with E-state index in [2.05, 4.69) is 21.7 Å². The Morgan fingerprint density at radius 1 is 1.11 bits per heavy atom. The van der Waals surface area contributed by atoms with Gasteiger partial charge in [0, 0.05) is 45.8 Å². The number of rotatable bonds is 6. The summed E-state index contributed by atoms with van der Waals surface area (Å²) in [5.74, 6) is 0.852. The fourth-order valence-corrected chi connectivity index (χ4v) is 4.71. The molecule has 2 fully saturated rings. The number of unbranched alkanes of at least 4 members (excludes halogenated alkanes) is 1. The molecule has 8 nitrogen and oxygen atoms in total. The van der Waals surface area contributed by atoms with Gasteiger partial charge in [-0.3, -0.25) is 24.1 Å². The minimum absolute atomic E-state index is 0.347. The van der Waals surface area contributed by atoms with Gasteiger partial charge in [0.05, 0.1) is 6.54 Å². The molecule has 0 atom stereocenters. The van der Waals surface area contributed by atoms with Crippen LogP contribution < -0.4 is 11.2 Å². The number of hydrogen-bond acceptors (Lipinski definition) is 5. The normalized spacial score (nSPS) is 19.8. The maximum absolute atomic E-state index is 12.4. The van der Waals surface area contributed by atoms with Gasteiger partial charge in [-0.25, -0.2) is 9.78 Å². The van der Waals surface area contributed by atoms with E-state index in [0.717, 1.165) is 50.9 Å². The SMILES string of the molecule is CCCCn1c(=O)[nH]c(=O)c2c1nc(CN1CCN(C3CCCC3)CC1)n2C. The third kappa shape index (κ3) is 3.67. The molecule has 8 heteroatoms. The first-order valence-electron chi connectivity index (χ1n) is 10.7. The van der Waals surface area contributed by atoms with Gasteiger partial charge in [-0.05, 0) is 19.3 Å². The molecule has 28 heavy (non-hydrogen) atoms. The molecule has 0 aromatic carbocycles. The number of nitrogens with zero attached hydrogens (tertiary/aromatic N) is 5. The lowest BCUT2D eigenvalue weighted by molar-refractivity contribution is 0.0917. The Balaban J connectivity index is 1.53. The highest BCUT2D eigenvalue weighted by molar-refractivity contribution is 5.70. The molecule has 1 saturated carbocycles. The summed E-state index contributed by atoms with van der Waals surface area (Å²) in [6, 6.07) is 0.782. The van der Waals surface area contributed by atoms with Crippen molar-refractivity contribution in [3.05, 3.63) is 26.7 Å². The monoisotopic (exact) mass is 388 g/mol. The van der Waals surface area contributed by atoms with E-state index in [1.807, 2.05) is 11.6 Å². The number of fused-ring (bicyclic) bond motifs is 1. The van der Waals surface area contributed by atoms with Gasteiger partial charge < -0.3 is 4.57 Å². The highest BCUT2D eigenvalue weighted by Crippen LogP contribution is 2.24. The summed E-state index contributed by atoms with van der Waals surface area (Å²) >= 11 is 0. The number of H-pyrrole nitrogens is 1. The highest BCUT2D eigenvalue weighted by atomic mass is 16.2. The summed E-state index contributed by atoms with van der Waals surface area (Å²) in [6.07, 6.45) is 7.32. The Morgan fingerprint density at radius 2 is 1.82 bits per heavy atom. The summed E-state index contributed by atoms with van der Waals surface area (Å²) in [6.45, 7) is 7.65. The lowest BCUT2D eigenvalue weighted by Crippen LogP contribution is -2.49. The number of nitrogens with one attached hydrogen (secondary N) is 1. The lowest BCUT2D eigenvalue weighted by Gasteiger charge is -2.37. The van der Waals surface area contributed by atoms with E-state index in [1.165, 1.54) is 25.7 Å². The second-order valence-electron chi connectivity index (χ2n) is 8.27. The van der Waals surface area contributed by atoms with E-state index >= 15 is 0 Å². The van der Waals surface area contributed by atoms with Crippen molar-refractivity contribution in [2.45, 2.75) is 64.6 Å². The highest BCUT2D eigenvalue weighted by Gasteiger charge is 2.27. The minimum Gasteiger partial charge on any atom is -0.324 e. The second kappa shape index (κ2) is 8.21. The van der Waals surface area contributed by atoms with Crippen LogP contribution in [0.1, 0.15) is 51.3 Å². The number of piperazine rings is 1. The van der Waals surface area contributed by atoms with Crippen LogP contribution in [0.25, 0.3) is 11.2 Å². The Labute approximate surface area is 165 Å². The van der Waals surface area contributed by atoms with Crippen LogP contribution in [0.4, 0.5) is 0 Å². The van der Waals surface area contributed by atoms with Crippen LogP contribution in [-0.2, 0) is 20.1 Å². The molecule has 0 bridgehead atoms. The summed E-state index contributed by atoms with van der Waals surface area (Å²) in [7, 11) is 1.88. The molecule has 0 unspecified atom stereocenters. The van der Waals surface area contributed by atoms with E-state index in [-0.39, 0.29) is 11.2 Å². The Hall–Kier alpha value is -1.93. The Bertz CT molecular complexity index is 929. The van der Waals surface area contributed by atoms with Crippen molar-refractivity contribution < 1.29 is 0 Å². The van der Waals surface area contributed by atoms with Crippen LogP contribution in [0.2, 0.25) is 0 Å². The Morgan fingerprint density at radius 3 is 2.50 bits per heavy atom. The molecule has 2 aromatic rings. The first-order valence-corrected chi connectivity index (χ1v) is 10.7. The predicted octanol–water partition coefficient (Wildman–Crippen LogP) is 1.28. The number of hydrogen-bond donors (Lipinski definition) is 1. The molecule has 1 aliphatic carbocycles. The first kappa shape index (κ1) is 19.4. The van der Waals surface area contributed by atoms with Gasteiger partial charge in [0.15, 0.2) is 11.2 Å². The quantitative estimate of drug-likeness (QED) is 0.807. The summed E-state index contributed by atoms with van der Waals surface area (Å²) < 4.78 is 3.47. The predicted molar refractivity (Wildman–Crippen MR) is 110 cm³/mol. The summed E-state index contributed by atoms with van der Waals surface area (Å²) in [5, 5.41) is 0. The maximum atomic E-state index is 12.4. The van der Waals surface area contributed by atoms with Gasteiger partial charge in [0.2, 0.25) is 0 Å². The van der Waals surface area contributed by atoms with Crippen molar-refractivity contribution in [3.63, 3.8) is 0 Å². The van der Waals surface area contributed by atoms with Gasteiger partial charge in [-0.2, -0.15) is 0 Å². The molecule has 1 saturated heterocycles. The van der Waals surface area contributed by atoms with Crippen molar-refractivity contribution in [1.29, 1.82) is 0 Å². The van der Waals surface area contributed by atoms with Gasteiger partial charge in [-0.15, -0.1) is 0 Å². The zero-order valence-corrected chi connectivity index (χ0v) is 17.1. The third-order valence-corrected chi connectivity index (χ3v) is 6.45. The second-order valence-corrected chi connectivity index (χ2v) is 8.27. The van der Waals surface area contributed by atoms with Gasteiger partial charge in [-0.1, -0.05) is 26.2 Å². The zero-order chi connectivity index (χ0) is 19.7. The van der Waals surface area contributed by atoms with E-state index in [0.29, 0.717) is 24.3 Å². The topological polar surface area (TPSA) is 79.2 Å². The average molecular weight is 389 g/mol. The standard InChI is InChI=1S/C20H32N6O2/c1-3-4-9-26-18-17(19(27)22-20(26)28)23(2)16(21-18)14-24-10-12-25(13-11-24)15-7-5-6-8-15/h15H,3-14H2,1-2H3,(H,22,27,28). The number of aromatic nitrogens is 4. The van der Waals surface area contributed by atoms with Gasteiger partial charge in [0.1, 0.15) is 5.82 Å². The zero-order valence-electron chi connectivity index (χ0n) is 17.1. The molecular weight excluding hydrogens is 356 g/mol. The average Bonchev–Trinajstić information content (AvgIpc) is 3.32. The van der Waals surface area contributed by atoms with Crippen molar-refractivity contribution in [2.24, 2.45) is 7.05 Å². The van der Waals surface area contributed by atoms with Crippen molar-refractivity contribution in [2.75, 3.05) is 26.2 Å². The molecule has 0 radical (unpaired) electrons. The molecule has 3 heterocycles. The van der Waals surface area contributed by atoms with Crippen LogP contribution >= 0.6 is 0 Å². The molecule has 1 aliphatic heterocycles. The Kier molecular flexibility index (Phi) is 5.68. The van der Waals surface area contributed by atoms with Crippen LogP contribution in [0.5, 0.6) is 0 Å². The van der Waals surface area contributed by atoms with Crippen LogP contribution in [0, 0.1) is 0 Å². The molecule has 0 amide bonds. The lowest BCUT2D eigenvalue weighted by atomic mass is 10.2. The van der Waals surface area contributed by atoms with Crippen LogP contribution in [-0.4, -0.2) is 61.1 Å². The van der Waals surface area contributed by atoms with Crippen molar-refractivity contribution in [3.8, 4) is 0 Å². The maximum Gasteiger partial charge on any atom is 0.330 e. The van der Waals surface area contributed by atoms with Crippen LogP contribution in [0.15, 0.2) is 9.59 Å². The molecule has 154 valence electrons. The smallest absolute Gasteiger partial charge is 0.324 e. The molecular formula is C20H32N6O2. The number of imidazole rings is 1. The molecule has 4 rings (SSSR count). The molecule has 1 N–H and O–H groups in total. The van der Waals surface area contributed by atoms with E-state index in [1.54, 1.807) is 4.57 Å². The number of aryl methyl sites for hydroxylation is 2. The van der Waals surface area contributed by atoms with E-state index in [4.69, 9.17) is 4.98 Å². The number of aromatic amines is 1.